The number of hydrogen-bond donors (Lipinski definition) is 6. The maximum absolute atomic E-state index is 13.6. The van der Waals surface area contributed by atoms with E-state index in [1.165, 1.54) is 19.1 Å². The van der Waals surface area contributed by atoms with Crippen LogP contribution in [0, 0.1) is 16.0 Å². The van der Waals surface area contributed by atoms with Gasteiger partial charge in [0.15, 0.2) is 0 Å². The summed E-state index contributed by atoms with van der Waals surface area (Å²) in [7, 11) is 0. The second-order valence-corrected chi connectivity index (χ2v) is 10.7. The molecule has 0 radical (unpaired) electrons. The smallest absolute Gasteiger partial charge is 0.305 e. The zero-order chi connectivity index (χ0) is 33.8. The quantitative estimate of drug-likeness (QED) is 0.107. The molecular weight excluding hydrogens is 596 g/mol. The molecule has 1 fully saturated rings. The molecule has 1 aromatic carbocycles. The van der Waals surface area contributed by atoms with Gasteiger partial charge in [-0.1, -0.05) is 20.3 Å². The first-order valence-corrected chi connectivity index (χ1v) is 14.3. The minimum atomic E-state index is -1.58. The van der Waals surface area contributed by atoms with Crippen LogP contribution in [0.1, 0.15) is 59.3 Å². The van der Waals surface area contributed by atoms with Gasteiger partial charge in [-0.25, -0.2) is 0 Å². The normalized spacial score (nSPS) is 16.8. The Morgan fingerprint density at radius 1 is 0.978 bits per heavy atom. The van der Waals surface area contributed by atoms with Gasteiger partial charge in [0.2, 0.25) is 29.5 Å². The number of aliphatic carboxylic acids is 2. The Bertz CT molecular complexity index is 1300. The van der Waals surface area contributed by atoms with Crippen molar-refractivity contribution in [2.75, 3.05) is 11.9 Å². The van der Waals surface area contributed by atoms with Crippen LogP contribution in [0.2, 0.25) is 0 Å². The van der Waals surface area contributed by atoms with Crippen LogP contribution in [0.25, 0.3) is 0 Å². The van der Waals surface area contributed by atoms with Gasteiger partial charge in [-0.05, 0) is 37.3 Å². The molecule has 1 aromatic rings. The number of nitrogens with zero attached hydrogens (tertiary/aromatic N) is 2. The van der Waals surface area contributed by atoms with E-state index in [0.29, 0.717) is 12.8 Å². The number of rotatable bonds is 16. The maximum atomic E-state index is 13.6. The van der Waals surface area contributed by atoms with Crippen molar-refractivity contribution in [3.05, 3.63) is 34.4 Å². The lowest BCUT2D eigenvalue weighted by Gasteiger charge is -2.31. The highest BCUT2D eigenvalue weighted by atomic mass is 16.6. The number of carbonyl (C=O) groups excluding carboxylic acids is 5. The third kappa shape index (κ3) is 10.8. The van der Waals surface area contributed by atoms with Crippen molar-refractivity contribution in [3.63, 3.8) is 0 Å². The lowest BCUT2D eigenvalue weighted by atomic mass is 9.97. The third-order valence-electron chi connectivity index (χ3n) is 7.31. The molecule has 45 heavy (non-hydrogen) atoms. The van der Waals surface area contributed by atoms with E-state index >= 15 is 0 Å². The first-order valence-electron chi connectivity index (χ1n) is 14.3. The molecule has 5 amide bonds. The molecular formula is C28H38N6O11. The largest absolute Gasteiger partial charge is 0.481 e. The van der Waals surface area contributed by atoms with Gasteiger partial charge in [-0.3, -0.25) is 43.7 Å². The van der Waals surface area contributed by atoms with Gasteiger partial charge in [-0.15, -0.1) is 0 Å². The average Bonchev–Trinajstić information content (AvgIpc) is 3.47. The summed E-state index contributed by atoms with van der Waals surface area (Å²) in [6.07, 6.45) is -0.611. The van der Waals surface area contributed by atoms with E-state index < -0.39 is 83.4 Å². The van der Waals surface area contributed by atoms with Gasteiger partial charge >= 0.3 is 11.9 Å². The number of anilines is 1. The topological polar surface area (TPSA) is 254 Å². The molecule has 0 spiro atoms. The van der Waals surface area contributed by atoms with Crippen LogP contribution in [0.3, 0.4) is 0 Å². The van der Waals surface area contributed by atoms with E-state index in [1.807, 2.05) is 0 Å². The Balaban J connectivity index is 2.23. The minimum absolute atomic E-state index is 0.0649. The molecule has 1 aliphatic heterocycles. The number of non-ortho nitro benzene ring substituents is 1. The molecule has 0 aliphatic carbocycles. The lowest BCUT2D eigenvalue weighted by Crippen LogP contribution is -2.58. The second-order valence-electron chi connectivity index (χ2n) is 10.7. The number of nitrogens with one attached hydrogen (secondary N) is 4. The van der Waals surface area contributed by atoms with Gasteiger partial charge in [0.1, 0.15) is 24.2 Å². The van der Waals surface area contributed by atoms with E-state index in [9.17, 15) is 53.9 Å². The number of nitro groups is 1. The summed E-state index contributed by atoms with van der Waals surface area (Å²) < 4.78 is 0. The van der Waals surface area contributed by atoms with E-state index in [0.717, 1.165) is 17.0 Å². The Kier molecular flexibility index (Phi) is 13.4. The molecule has 0 saturated carbocycles. The molecule has 1 aliphatic rings. The lowest BCUT2D eigenvalue weighted by molar-refractivity contribution is -0.384. The van der Waals surface area contributed by atoms with Crippen LogP contribution >= 0.6 is 0 Å². The predicted molar refractivity (Wildman–Crippen MR) is 157 cm³/mol. The number of amides is 5. The Morgan fingerprint density at radius 3 is 2.16 bits per heavy atom. The molecule has 17 heteroatoms. The minimum Gasteiger partial charge on any atom is -0.481 e. The van der Waals surface area contributed by atoms with Gasteiger partial charge in [0, 0.05) is 37.7 Å². The number of carboxylic acid groups (broad SMARTS) is 2. The summed E-state index contributed by atoms with van der Waals surface area (Å²) in [6.45, 7) is 4.82. The molecule has 0 unspecified atom stereocenters. The molecule has 1 saturated heterocycles. The Hall–Kier alpha value is -5.09. The summed E-state index contributed by atoms with van der Waals surface area (Å²) in [5.41, 5.74) is -0.127. The summed E-state index contributed by atoms with van der Waals surface area (Å²) in [4.78, 5) is 98.9. The van der Waals surface area contributed by atoms with Crippen molar-refractivity contribution in [1.82, 2.24) is 20.9 Å². The first kappa shape index (κ1) is 36.1. The molecule has 0 bridgehead atoms. The van der Waals surface area contributed by atoms with Crippen LogP contribution in [-0.2, 0) is 33.6 Å². The van der Waals surface area contributed by atoms with Crippen LogP contribution in [-0.4, -0.2) is 92.2 Å². The first-order chi connectivity index (χ1) is 21.1. The van der Waals surface area contributed by atoms with Gasteiger partial charge in [0.25, 0.3) is 5.69 Å². The van der Waals surface area contributed by atoms with Gasteiger partial charge in [-0.2, -0.15) is 0 Å². The predicted octanol–water partition coefficient (Wildman–Crippen LogP) is 0.384. The third-order valence-corrected chi connectivity index (χ3v) is 7.31. The van der Waals surface area contributed by atoms with Crippen LogP contribution in [0.4, 0.5) is 11.4 Å². The van der Waals surface area contributed by atoms with Crippen molar-refractivity contribution < 1.29 is 48.7 Å². The summed E-state index contributed by atoms with van der Waals surface area (Å²) in [5, 5.41) is 39.3. The standard InChI is InChI=1S/C28H38N6O11/c1-4-15(2)24(29-16(3)35)27(42)31-19(11-12-22(36)37)28(43)33-13-5-6-21(33)26(41)32-20(14-23(38)39)25(40)30-17-7-9-18(10-8-17)34(44)45/h7-10,15,19-21,24H,4-6,11-14H2,1-3H3,(H,29,35)(H,30,40)(H,31,42)(H,32,41)(H,36,37)(H,38,39)/t15-,19+,20-,21-,24-/m0/s1. The van der Waals surface area contributed by atoms with E-state index in [1.54, 1.807) is 13.8 Å². The molecule has 2 rings (SSSR count). The van der Waals surface area contributed by atoms with Crippen molar-refractivity contribution in [3.8, 4) is 0 Å². The molecule has 6 N–H and O–H groups in total. The number of carbonyl (C=O) groups is 7. The van der Waals surface area contributed by atoms with Crippen molar-refractivity contribution in [2.24, 2.45) is 5.92 Å². The van der Waals surface area contributed by atoms with Gasteiger partial charge in [0.05, 0.1) is 11.3 Å². The number of benzene rings is 1. The average molecular weight is 635 g/mol. The number of nitro benzene ring substituents is 1. The molecule has 246 valence electrons. The highest BCUT2D eigenvalue weighted by Crippen LogP contribution is 2.21. The Morgan fingerprint density at radius 2 is 1.62 bits per heavy atom. The summed E-state index contributed by atoms with van der Waals surface area (Å²) >= 11 is 0. The maximum Gasteiger partial charge on any atom is 0.305 e. The zero-order valence-corrected chi connectivity index (χ0v) is 25.1. The van der Waals surface area contributed by atoms with Crippen molar-refractivity contribution in [1.29, 1.82) is 0 Å². The highest BCUT2D eigenvalue weighted by Gasteiger charge is 2.40. The molecule has 0 aromatic heterocycles. The fraction of sp³-hybridized carbons (Fsp3) is 0.536. The zero-order valence-electron chi connectivity index (χ0n) is 25.1. The van der Waals surface area contributed by atoms with Crippen LogP contribution < -0.4 is 21.3 Å². The van der Waals surface area contributed by atoms with Crippen molar-refractivity contribution >= 4 is 52.8 Å². The van der Waals surface area contributed by atoms with E-state index in [4.69, 9.17) is 0 Å². The Labute approximate surface area is 258 Å². The number of hydrogen-bond acceptors (Lipinski definition) is 9. The number of likely N-dealkylation sites (tertiary alicyclic amines) is 1. The molecule has 1 heterocycles. The highest BCUT2D eigenvalue weighted by molar-refractivity contribution is 6.00. The fourth-order valence-corrected chi connectivity index (χ4v) is 4.76. The molecule has 17 nitrogen and oxygen atoms in total. The van der Waals surface area contributed by atoms with Crippen molar-refractivity contribution in [2.45, 2.75) is 83.5 Å². The summed E-state index contributed by atoms with van der Waals surface area (Å²) in [5.74, 6) is -6.66. The van der Waals surface area contributed by atoms with E-state index in [2.05, 4.69) is 21.3 Å². The SMILES string of the molecule is CC[C@H](C)[C@H](NC(C)=O)C(=O)N[C@H](CCC(=O)O)C(=O)N1CCC[C@H]1C(=O)N[C@@H](CC(=O)O)C(=O)Nc1ccc([N+](=O)[O-])cc1. The number of carboxylic acids is 2. The van der Waals surface area contributed by atoms with Crippen LogP contribution in [0.15, 0.2) is 24.3 Å². The fourth-order valence-electron chi connectivity index (χ4n) is 4.76. The summed E-state index contributed by atoms with van der Waals surface area (Å²) in [6, 6.07) is -0.386. The second kappa shape index (κ2) is 16.7. The van der Waals surface area contributed by atoms with Gasteiger partial charge < -0.3 is 36.4 Å². The van der Waals surface area contributed by atoms with Crippen LogP contribution in [0.5, 0.6) is 0 Å². The monoisotopic (exact) mass is 634 g/mol. The van der Waals surface area contributed by atoms with E-state index in [-0.39, 0.29) is 36.7 Å². The molecule has 5 atom stereocenters.